The summed E-state index contributed by atoms with van der Waals surface area (Å²) in [5.74, 6) is 1.43. The van der Waals surface area contributed by atoms with Crippen molar-refractivity contribution in [1.29, 1.82) is 0 Å². The monoisotopic (exact) mass is 280 g/mol. The summed E-state index contributed by atoms with van der Waals surface area (Å²) in [5.41, 5.74) is 1.32. The molecule has 3 nitrogen and oxygen atoms in total. The molecule has 104 valence electrons. The maximum atomic E-state index is 6.36. The average molecular weight is 281 g/mol. The minimum Gasteiger partial charge on any atom is -0.487 e. The zero-order valence-electron chi connectivity index (χ0n) is 11.4. The first-order valence-corrected chi connectivity index (χ1v) is 7.45. The third-order valence-electron chi connectivity index (χ3n) is 4.13. The molecule has 1 aromatic carbocycles. The number of rotatable bonds is 3. The average Bonchev–Trinajstić information content (AvgIpc) is 3.03. The zero-order valence-corrected chi connectivity index (χ0v) is 12.1. The van der Waals surface area contributed by atoms with Crippen LogP contribution < -0.4 is 10.1 Å². The van der Waals surface area contributed by atoms with Crippen molar-refractivity contribution in [3.63, 3.8) is 0 Å². The number of hydrogen-bond acceptors (Lipinski definition) is 3. The van der Waals surface area contributed by atoms with Gasteiger partial charge in [0.1, 0.15) is 11.9 Å². The van der Waals surface area contributed by atoms with E-state index in [4.69, 9.17) is 16.3 Å². The Morgan fingerprint density at radius 3 is 2.89 bits per heavy atom. The lowest BCUT2D eigenvalue weighted by atomic mass is 9.98. The van der Waals surface area contributed by atoms with Crippen LogP contribution in [0.4, 0.5) is 0 Å². The van der Waals surface area contributed by atoms with Gasteiger partial charge in [-0.3, -0.25) is 0 Å². The normalized spacial score (nSPS) is 27.9. The number of nitrogens with one attached hydrogen (secondary N) is 1. The van der Waals surface area contributed by atoms with Crippen molar-refractivity contribution in [1.82, 2.24) is 10.2 Å². The van der Waals surface area contributed by atoms with E-state index >= 15 is 0 Å². The molecule has 1 N–H and O–H groups in total. The lowest BCUT2D eigenvalue weighted by Crippen LogP contribution is -2.21. The number of ether oxygens (including phenoxy) is 1. The molecule has 19 heavy (non-hydrogen) atoms. The van der Waals surface area contributed by atoms with Crippen molar-refractivity contribution in [2.45, 2.75) is 24.9 Å². The van der Waals surface area contributed by atoms with Crippen LogP contribution in [-0.2, 0) is 0 Å². The Hall–Kier alpha value is -0.770. The fourth-order valence-electron chi connectivity index (χ4n) is 2.98. The molecule has 0 amide bonds. The highest BCUT2D eigenvalue weighted by molar-refractivity contribution is 6.32. The quantitative estimate of drug-likeness (QED) is 0.921. The molecule has 4 heteroatoms. The molecule has 0 bridgehead atoms. The van der Waals surface area contributed by atoms with E-state index in [1.165, 1.54) is 12.0 Å². The first-order valence-electron chi connectivity index (χ1n) is 7.08. The molecule has 2 aliphatic rings. The second-order valence-corrected chi connectivity index (χ2v) is 6.08. The van der Waals surface area contributed by atoms with Crippen molar-refractivity contribution in [2.75, 3.05) is 33.2 Å². The van der Waals surface area contributed by atoms with Crippen LogP contribution in [-0.4, -0.2) is 44.2 Å². The molecule has 0 spiro atoms. The molecule has 0 aromatic heterocycles. The minimum absolute atomic E-state index is 0.279. The van der Waals surface area contributed by atoms with Gasteiger partial charge in [0.05, 0.1) is 5.02 Å². The largest absolute Gasteiger partial charge is 0.487 e. The molecular formula is C15H21ClN2O. The molecule has 2 atom stereocenters. The topological polar surface area (TPSA) is 24.5 Å². The van der Waals surface area contributed by atoms with E-state index in [1.807, 2.05) is 6.07 Å². The van der Waals surface area contributed by atoms with Gasteiger partial charge in [-0.25, -0.2) is 0 Å². The predicted molar refractivity (Wildman–Crippen MR) is 78.2 cm³/mol. The van der Waals surface area contributed by atoms with Gasteiger partial charge in [0.2, 0.25) is 0 Å². The first-order chi connectivity index (χ1) is 9.22. The van der Waals surface area contributed by atoms with Crippen molar-refractivity contribution >= 4 is 11.6 Å². The highest BCUT2D eigenvalue weighted by Crippen LogP contribution is 2.32. The van der Waals surface area contributed by atoms with Crippen molar-refractivity contribution in [2.24, 2.45) is 0 Å². The van der Waals surface area contributed by atoms with Gasteiger partial charge in [-0.2, -0.15) is 0 Å². The van der Waals surface area contributed by atoms with Crippen LogP contribution in [0.2, 0.25) is 5.02 Å². The first kappa shape index (κ1) is 13.2. The molecule has 0 radical (unpaired) electrons. The predicted octanol–water partition coefficient (Wildman–Crippen LogP) is 2.50. The van der Waals surface area contributed by atoms with E-state index in [2.05, 4.69) is 29.4 Å². The van der Waals surface area contributed by atoms with E-state index in [-0.39, 0.29) is 6.10 Å². The third-order valence-corrected chi connectivity index (χ3v) is 4.42. The number of benzene rings is 1. The molecule has 2 unspecified atom stereocenters. The molecule has 3 rings (SSSR count). The summed E-state index contributed by atoms with van der Waals surface area (Å²) in [7, 11) is 2.13. The van der Waals surface area contributed by atoms with Crippen molar-refractivity contribution < 1.29 is 4.74 Å². The number of halogens is 1. The van der Waals surface area contributed by atoms with Gasteiger partial charge in [0, 0.05) is 19.6 Å². The van der Waals surface area contributed by atoms with Crippen molar-refractivity contribution in [3.8, 4) is 5.75 Å². The highest BCUT2D eigenvalue weighted by atomic mass is 35.5. The Morgan fingerprint density at radius 1 is 1.37 bits per heavy atom. The van der Waals surface area contributed by atoms with Crippen LogP contribution in [0.1, 0.15) is 24.3 Å². The summed E-state index contributed by atoms with van der Waals surface area (Å²) in [6, 6.07) is 6.28. The highest BCUT2D eigenvalue weighted by Gasteiger charge is 2.22. The molecule has 2 heterocycles. The van der Waals surface area contributed by atoms with Crippen molar-refractivity contribution in [3.05, 3.63) is 28.8 Å². The molecule has 2 fully saturated rings. The molecule has 2 saturated heterocycles. The summed E-state index contributed by atoms with van der Waals surface area (Å²) in [4.78, 5) is 2.29. The number of likely N-dealkylation sites (tertiary alicyclic amines) is 1. The Kier molecular flexibility index (Phi) is 3.96. The van der Waals surface area contributed by atoms with E-state index in [0.29, 0.717) is 5.92 Å². The van der Waals surface area contributed by atoms with Crippen LogP contribution in [0, 0.1) is 0 Å². The van der Waals surface area contributed by atoms with Crippen LogP contribution >= 0.6 is 11.6 Å². The molecule has 0 aliphatic carbocycles. The summed E-state index contributed by atoms with van der Waals surface area (Å²) in [5, 5.41) is 4.14. The third kappa shape index (κ3) is 3.04. The molecule has 2 aliphatic heterocycles. The van der Waals surface area contributed by atoms with Gasteiger partial charge < -0.3 is 15.0 Å². The van der Waals surface area contributed by atoms with E-state index in [1.54, 1.807) is 0 Å². The lowest BCUT2D eigenvalue weighted by molar-refractivity contribution is 0.208. The zero-order chi connectivity index (χ0) is 13.2. The Morgan fingerprint density at radius 2 is 2.26 bits per heavy atom. The van der Waals surface area contributed by atoms with Gasteiger partial charge >= 0.3 is 0 Å². The fourth-order valence-corrected chi connectivity index (χ4v) is 3.21. The van der Waals surface area contributed by atoms with E-state index in [9.17, 15) is 0 Å². The lowest BCUT2D eigenvalue weighted by Gasteiger charge is -2.16. The molecular weight excluding hydrogens is 260 g/mol. The fraction of sp³-hybridized carbons (Fsp3) is 0.600. The minimum atomic E-state index is 0.279. The van der Waals surface area contributed by atoms with Crippen LogP contribution in [0.25, 0.3) is 0 Å². The maximum absolute atomic E-state index is 6.36. The summed E-state index contributed by atoms with van der Waals surface area (Å²) in [6.45, 7) is 4.26. The number of likely N-dealkylation sites (N-methyl/N-ethyl adjacent to an activating group) is 1. The van der Waals surface area contributed by atoms with Gasteiger partial charge in [-0.05, 0) is 50.0 Å². The van der Waals surface area contributed by atoms with Crippen LogP contribution in [0.5, 0.6) is 5.75 Å². The SMILES string of the molecule is CN1CCC(Oc2ccc(C3CCNC3)cc2Cl)C1. The standard InChI is InChI=1S/C15H21ClN2O/c1-18-7-5-13(10-18)19-15-3-2-11(8-14(15)16)12-4-6-17-9-12/h2-3,8,12-13,17H,4-7,9-10H2,1H3. The van der Waals surface area contributed by atoms with E-state index < -0.39 is 0 Å². The van der Waals surface area contributed by atoms with Gasteiger partial charge in [-0.1, -0.05) is 17.7 Å². The van der Waals surface area contributed by atoms with Gasteiger partial charge in [-0.15, -0.1) is 0 Å². The Bertz CT molecular complexity index is 446. The Balaban J connectivity index is 1.69. The summed E-state index contributed by atoms with van der Waals surface area (Å²) >= 11 is 6.36. The molecule has 0 saturated carbocycles. The number of nitrogens with zero attached hydrogens (tertiary/aromatic N) is 1. The van der Waals surface area contributed by atoms with Crippen LogP contribution in [0.3, 0.4) is 0 Å². The van der Waals surface area contributed by atoms with Crippen LogP contribution in [0.15, 0.2) is 18.2 Å². The summed E-state index contributed by atoms with van der Waals surface area (Å²) in [6.07, 6.45) is 2.56. The smallest absolute Gasteiger partial charge is 0.138 e. The second kappa shape index (κ2) is 5.70. The summed E-state index contributed by atoms with van der Waals surface area (Å²) < 4.78 is 6.00. The van der Waals surface area contributed by atoms with E-state index in [0.717, 1.165) is 43.4 Å². The second-order valence-electron chi connectivity index (χ2n) is 5.67. The Labute approximate surface area is 119 Å². The number of hydrogen-bond donors (Lipinski definition) is 1. The van der Waals surface area contributed by atoms with Gasteiger partial charge in [0.25, 0.3) is 0 Å². The molecule has 1 aromatic rings. The maximum Gasteiger partial charge on any atom is 0.138 e. The van der Waals surface area contributed by atoms with Gasteiger partial charge in [0.15, 0.2) is 0 Å².